The molecule has 1 heterocycles. The van der Waals surface area contributed by atoms with Crippen molar-refractivity contribution in [1.82, 2.24) is 9.80 Å². The number of hydrogen-bond acceptors (Lipinski definition) is 2. The summed E-state index contributed by atoms with van der Waals surface area (Å²) in [7, 11) is 0. The van der Waals surface area contributed by atoms with Gasteiger partial charge in [0.15, 0.2) is 0 Å². The molecule has 1 saturated heterocycles. The Morgan fingerprint density at radius 3 is 1.92 bits per heavy atom. The van der Waals surface area contributed by atoms with Gasteiger partial charge in [-0.3, -0.25) is 9.59 Å². The van der Waals surface area contributed by atoms with Gasteiger partial charge in [0.25, 0.3) is 11.8 Å². The lowest BCUT2D eigenvalue weighted by molar-refractivity contribution is 0.0535. The average molecular weight is 326 g/mol. The van der Waals surface area contributed by atoms with Gasteiger partial charge in [0.2, 0.25) is 0 Å². The first kappa shape index (κ1) is 16.2. The van der Waals surface area contributed by atoms with E-state index >= 15 is 0 Å². The molecule has 2 amide bonds. The standard InChI is InChI=1S/C19H19FN2O2/c1-14-7-8-16(13-17(14)20)19(24)22-11-9-21(10-12-22)18(23)15-5-3-2-4-6-15/h2-8,13H,9-12H2,1H3. The molecule has 1 fully saturated rings. The highest BCUT2D eigenvalue weighted by Gasteiger charge is 2.25. The molecule has 0 atom stereocenters. The predicted molar refractivity (Wildman–Crippen MR) is 89.4 cm³/mol. The van der Waals surface area contributed by atoms with Crippen LogP contribution < -0.4 is 0 Å². The number of piperazine rings is 1. The summed E-state index contributed by atoms with van der Waals surface area (Å²) < 4.78 is 13.6. The second kappa shape index (κ2) is 6.83. The minimum Gasteiger partial charge on any atom is -0.335 e. The van der Waals surface area contributed by atoms with Crippen LogP contribution in [0.5, 0.6) is 0 Å². The van der Waals surface area contributed by atoms with Crippen molar-refractivity contribution < 1.29 is 14.0 Å². The van der Waals surface area contributed by atoms with Gasteiger partial charge in [0, 0.05) is 37.3 Å². The fraction of sp³-hybridized carbons (Fsp3) is 0.263. The van der Waals surface area contributed by atoms with Crippen molar-refractivity contribution in [2.24, 2.45) is 0 Å². The molecule has 1 aliphatic rings. The van der Waals surface area contributed by atoms with Crippen molar-refractivity contribution >= 4 is 11.8 Å². The van der Waals surface area contributed by atoms with Crippen molar-refractivity contribution in [2.75, 3.05) is 26.2 Å². The number of halogens is 1. The lowest BCUT2D eigenvalue weighted by atomic mass is 10.1. The molecule has 0 saturated carbocycles. The van der Waals surface area contributed by atoms with Gasteiger partial charge in [-0.05, 0) is 36.8 Å². The second-order valence-corrected chi connectivity index (χ2v) is 5.91. The highest BCUT2D eigenvalue weighted by Crippen LogP contribution is 2.14. The zero-order valence-corrected chi connectivity index (χ0v) is 13.5. The maximum atomic E-state index is 13.6. The Labute approximate surface area is 140 Å². The van der Waals surface area contributed by atoms with E-state index in [0.29, 0.717) is 42.9 Å². The van der Waals surface area contributed by atoms with Crippen molar-refractivity contribution in [3.63, 3.8) is 0 Å². The molecule has 2 aromatic carbocycles. The Morgan fingerprint density at radius 1 is 0.833 bits per heavy atom. The first-order chi connectivity index (χ1) is 11.6. The Morgan fingerprint density at radius 2 is 1.38 bits per heavy atom. The van der Waals surface area contributed by atoms with E-state index in [1.54, 1.807) is 41.0 Å². The number of hydrogen-bond donors (Lipinski definition) is 0. The van der Waals surface area contributed by atoms with Crippen molar-refractivity contribution in [3.05, 3.63) is 71.0 Å². The van der Waals surface area contributed by atoms with E-state index in [1.165, 1.54) is 6.07 Å². The molecule has 2 aromatic rings. The molecular weight excluding hydrogens is 307 g/mol. The molecular formula is C19H19FN2O2. The van der Waals surface area contributed by atoms with Gasteiger partial charge in [-0.25, -0.2) is 4.39 Å². The third kappa shape index (κ3) is 3.30. The van der Waals surface area contributed by atoms with Crippen LogP contribution in [0.3, 0.4) is 0 Å². The highest BCUT2D eigenvalue weighted by atomic mass is 19.1. The van der Waals surface area contributed by atoms with Crippen LogP contribution >= 0.6 is 0 Å². The van der Waals surface area contributed by atoms with Gasteiger partial charge in [-0.15, -0.1) is 0 Å². The Balaban J connectivity index is 1.63. The van der Waals surface area contributed by atoms with Gasteiger partial charge >= 0.3 is 0 Å². The van der Waals surface area contributed by atoms with Gasteiger partial charge in [-0.2, -0.15) is 0 Å². The van der Waals surface area contributed by atoms with Gasteiger partial charge in [0.05, 0.1) is 0 Å². The average Bonchev–Trinajstić information content (AvgIpc) is 2.63. The number of carbonyl (C=O) groups excluding carboxylic acids is 2. The summed E-state index contributed by atoms with van der Waals surface area (Å²) >= 11 is 0. The molecule has 0 unspecified atom stereocenters. The molecule has 0 aromatic heterocycles. The van der Waals surface area contributed by atoms with Crippen LogP contribution in [0.25, 0.3) is 0 Å². The zero-order valence-electron chi connectivity index (χ0n) is 13.5. The lowest BCUT2D eigenvalue weighted by Crippen LogP contribution is -2.50. The predicted octanol–water partition coefficient (Wildman–Crippen LogP) is 2.73. The van der Waals surface area contributed by atoms with Gasteiger partial charge in [0.1, 0.15) is 5.82 Å². The monoisotopic (exact) mass is 326 g/mol. The minimum atomic E-state index is -0.376. The summed E-state index contributed by atoms with van der Waals surface area (Å²) in [6.45, 7) is 3.53. The molecule has 5 heteroatoms. The number of amides is 2. The smallest absolute Gasteiger partial charge is 0.254 e. The highest BCUT2D eigenvalue weighted by molar-refractivity contribution is 5.96. The van der Waals surface area contributed by atoms with Crippen LogP contribution in [0.2, 0.25) is 0 Å². The molecule has 124 valence electrons. The number of rotatable bonds is 2. The second-order valence-electron chi connectivity index (χ2n) is 5.91. The maximum absolute atomic E-state index is 13.6. The minimum absolute atomic E-state index is 0.0240. The molecule has 24 heavy (non-hydrogen) atoms. The number of aryl methyl sites for hydroxylation is 1. The summed E-state index contributed by atoms with van der Waals surface area (Å²) in [4.78, 5) is 28.3. The Kier molecular flexibility index (Phi) is 4.60. The fourth-order valence-corrected chi connectivity index (χ4v) is 2.78. The summed E-state index contributed by atoms with van der Waals surface area (Å²) in [5.41, 5.74) is 1.52. The van der Waals surface area contributed by atoms with E-state index in [-0.39, 0.29) is 17.6 Å². The molecule has 4 nitrogen and oxygen atoms in total. The van der Waals surface area contributed by atoms with Crippen molar-refractivity contribution in [3.8, 4) is 0 Å². The first-order valence-corrected chi connectivity index (χ1v) is 7.96. The zero-order chi connectivity index (χ0) is 17.1. The SMILES string of the molecule is Cc1ccc(C(=O)N2CCN(C(=O)c3ccccc3)CC2)cc1F. The maximum Gasteiger partial charge on any atom is 0.254 e. The van der Waals surface area contributed by atoms with E-state index in [1.807, 2.05) is 18.2 Å². The summed E-state index contributed by atoms with van der Waals surface area (Å²) in [6, 6.07) is 13.6. The third-order valence-electron chi connectivity index (χ3n) is 4.29. The van der Waals surface area contributed by atoms with Crippen LogP contribution in [0.15, 0.2) is 48.5 Å². The molecule has 1 aliphatic heterocycles. The van der Waals surface area contributed by atoms with E-state index in [4.69, 9.17) is 0 Å². The van der Waals surface area contributed by atoms with Crippen LogP contribution in [-0.2, 0) is 0 Å². The van der Waals surface area contributed by atoms with E-state index in [2.05, 4.69) is 0 Å². The van der Waals surface area contributed by atoms with Crippen molar-refractivity contribution in [1.29, 1.82) is 0 Å². The summed E-state index contributed by atoms with van der Waals surface area (Å²) in [5.74, 6) is -0.594. The molecule has 3 rings (SSSR count). The van der Waals surface area contributed by atoms with E-state index < -0.39 is 0 Å². The molecule has 0 radical (unpaired) electrons. The first-order valence-electron chi connectivity index (χ1n) is 7.96. The van der Waals surface area contributed by atoms with Crippen LogP contribution in [0.1, 0.15) is 26.3 Å². The van der Waals surface area contributed by atoms with Crippen LogP contribution in [-0.4, -0.2) is 47.8 Å². The largest absolute Gasteiger partial charge is 0.335 e. The number of carbonyl (C=O) groups is 2. The fourth-order valence-electron chi connectivity index (χ4n) is 2.78. The molecule has 0 aliphatic carbocycles. The van der Waals surface area contributed by atoms with Crippen LogP contribution in [0.4, 0.5) is 4.39 Å². The molecule has 0 N–H and O–H groups in total. The summed E-state index contributed by atoms with van der Waals surface area (Å²) in [6.07, 6.45) is 0. The van der Waals surface area contributed by atoms with E-state index in [9.17, 15) is 14.0 Å². The normalized spacial score (nSPS) is 14.6. The van der Waals surface area contributed by atoms with E-state index in [0.717, 1.165) is 0 Å². The lowest BCUT2D eigenvalue weighted by Gasteiger charge is -2.35. The number of benzene rings is 2. The quantitative estimate of drug-likeness (QED) is 0.851. The summed E-state index contributed by atoms with van der Waals surface area (Å²) in [5, 5.41) is 0. The van der Waals surface area contributed by atoms with Gasteiger partial charge in [-0.1, -0.05) is 24.3 Å². The topological polar surface area (TPSA) is 40.6 Å². The Bertz CT molecular complexity index is 753. The molecule has 0 spiro atoms. The van der Waals surface area contributed by atoms with Gasteiger partial charge < -0.3 is 9.80 Å². The van der Waals surface area contributed by atoms with Crippen molar-refractivity contribution in [2.45, 2.75) is 6.92 Å². The molecule has 0 bridgehead atoms. The third-order valence-corrected chi connectivity index (χ3v) is 4.29. The van der Waals surface area contributed by atoms with Crippen LogP contribution in [0, 0.1) is 12.7 Å². The number of nitrogens with zero attached hydrogens (tertiary/aromatic N) is 2. The Hall–Kier alpha value is -2.69.